The molecule has 0 saturated carbocycles. The first-order valence-electron chi connectivity index (χ1n) is 6.13. The second kappa shape index (κ2) is 5.19. The molecule has 2 atom stereocenters. The van der Waals surface area contributed by atoms with Gasteiger partial charge in [0, 0.05) is 0 Å². The summed E-state index contributed by atoms with van der Waals surface area (Å²) in [5, 5.41) is 0. The average Bonchev–Trinajstić information content (AvgIpc) is 2.12. The third-order valence-corrected chi connectivity index (χ3v) is 3.51. The molecule has 0 amide bonds. The summed E-state index contributed by atoms with van der Waals surface area (Å²) in [5.74, 6) is -1.45. The Hall–Kier alpha value is -0.860. The molecule has 0 aliphatic rings. The predicted molar refractivity (Wildman–Crippen MR) is 68.3 cm³/mol. The van der Waals surface area contributed by atoms with Crippen molar-refractivity contribution < 1.29 is 14.3 Å². The van der Waals surface area contributed by atoms with Gasteiger partial charge in [0.25, 0.3) is 0 Å². The van der Waals surface area contributed by atoms with Crippen LogP contribution in [0.15, 0.2) is 0 Å². The molecule has 0 aromatic heterocycles. The summed E-state index contributed by atoms with van der Waals surface area (Å²) < 4.78 is 4.95. The minimum Gasteiger partial charge on any atom is -0.393 e. The maximum absolute atomic E-state index is 11.8. The average molecular weight is 242 g/mol. The monoisotopic (exact) mass is 242 g/mol. The highest BCUT2D eigenvalue weighted by Crippen LogP contribution is 2.29. The Kier molecular flexibility index (Phi) is 4.93. The summed E-state index contributed by atoms with van der Waals surface area (Å²) in [6.45, 7) is 15.3. The van der Waals surface area contributed by atoms with Crippen LogP contribution >= 0.6 is 0 Å². The second-order valence-electron chi connectivity index (χ2n) is 6.92. The molecular formula is C14H26O3. The van der Waals surface area contributed by atoms with E-state index >= 15 is 0 Å². The van der Waals surface area contributed by atoms with Crippen LogP contribution in [0.1, 0.15) is 55.4 Å². The lowest BCUT2D eigenvalue weighted by Crippen LogP contribution is -2.34. The van der Waals surface area contributed by atoms with Gasteiger partial charge in [0.1, 0.15) is 0 Å². The minimum atomic E-state index is -0.432. The van der Waals surface area contributed by atoms with E-state index < -0.39 is 11.9 Å². The number of carbonyl (C=O) groups excluding carboxylic acids is 2. The zero-order valence-corrected chi connectivity index (χ0v) is 12.4. The van der Waals surface area contributed by atoms with Crippen LogP contribution in [0, 0.1) is 22.7 Å². The molecule has 0 aromatic carbocycles. The van der Waals surface area contributed by atoms with E-state index in [1.54, 1.807) is 13.8 Å². The number of rotatable bonds is 2. The van der Waals surface area contributed by atoms with Crippen molar-refractivity contribution in [2.75, 3.05) is 0 Å². The van der Waals surface area contributed by atoms with E-state index in [1.165, 1.54) is 0 Å². The van der Waals surface area contributed by atoms with E-state index in [0.717, 1.165) is 0 Å². The quantitative estimate of drug-likeness (QED) is 0.550. The van der Waals surface area contributed by atoms with Gasteiger partial charge >= 0.3 is 11.9 Å². The number of carbonyl (C=O) groups is 2. The molecule has 3 heteroatoms. The van der Waals surface area contributed by atoms with Crippen LogP contribution in [0.5, 0.6) is 0 Å². The molecule has 0 aromatic rings. The Balaban J connectivity index is 4.57. The van der Waals surface area contributed by atoms with Crippen LogP contribution < -0.4 is 0 Å². The molecule has 0 aliphatic heterocycles. The molecule has 0 spiro atoms. The largest absolute Gasteiger partial charge is 0.393 e. The van der Waals surface area contributed by atoms with Crippen molar-refractivity contribution in [1.29, 1.82) is 0 Å². The maximum atomic E-state index is 11.8. The predicted octanol–water partition coefficient (Wildman–Crippen LogP) is 3.42. The van der Waals surface area contributed by atoms with Gasteiger partial charge in [0.05, 0.1) is 11.8 Å². The van der Waals surface area contributed by atoms with Crippen molar-refractivity contribution >= 4 is 11.9 Å². The van der Waals surface area contributed by atoms with Gasteiger partial charge in [-0.2, -0.15) is 0 Å². The fourth-order valence-electron chi connectivity index (χ4n) is 0.983. The van der Waals surface area contributed by atoms with Gasteiger partial charge in [-0.1, -0.05) is 55.4 Å². The molecule has 0 radical (unpaired) electrons. The smallest absolute Gasteiger partial charge is 0.316 e. The van der Waals surface area contributed by atoms with Crippen LogP contribution in [0.2, 0.25) is 0 Å². The number of hydrogen-bond acceptors (Lipinski definition) is 3. The van der Waals surface area contributed by atoms with Crippen LogP contribution in [-0.2, 0) is 14.3 Å². The summed E-state index contributed by atoms with van der Waals surface area (Å²) in [4.78, 5) is 23.6. The lowest BCUT2D eigenvalue weighted by molar-refractivity contribution is -0.168. The van der Waals surface area contributed by atoms with Crippen molar-refractivity contribution in [1.82, 2.24) is 0 Å². The lowest BCUT2D eigenvalue weighted by atomic mass is 9.81. The molecule has 0 aliphatic carbocycles. The van der Waals surface area contributed by atoms with E-state index in [0.29, 0.717) is 0 Å². The van der Waals surface area contributed by atoms with Crippen LogP contribution in [0.4, 0.5) is 0 Å². The summed E-state index contributed by atoms with van der Waals surface area (Å²) in [6.07, 6.45) is 0. The molecule has 0 fully saturated rings. The third kappa shape index (κ3) is 4.88. The summed E-state index contributed by atoms with van der Waals surface area (Å²) in [6, 6.07) is 0. The van der Waals surface area contributed by atoms with Gasteiger partial charge < -0.3 is 4.74 Å². The van der Waals surface area contributed by atoms with E-state index in [4.69, 9.17) is 4.74 Å². The van der Waals surface area contributed by atoms with Gasteiger partial charge in [0.2, 0.25) is 0 Å². The fourth-order valence-corrected chi connectivity index (χ4v) is 0.983. The number of hydrogen-bond donors (Lipinski definition) is 0. The molecular weight excluding hydrogens is 216 g/mol. The number of esters is 2. The minimum absolute atomic E-state index is 0.192. The zero-order chi connectivity index (χ0) is 14.0. The molecule has 17 heavy (non-hydrogen) atoms. The summed E-state index contributed by atoms with van der Waals surface area (Å²) in [7, 11) is 0. The normalized spacial score (nSPS) is 16.2. The number of ether oxygens (including phenoxy) is 1. The highest BCUT2D eigenvalue weighted by atomic mass is 16.6. The Morgan fingerprint density at radius 1 is 0.765 bits per heavy atom. The molecule has 0 bridgehead atoms. The topological polar surface area (TPSA) is 43.4 Å². The van der Waals surface area contributed by atoms with E-state index in [2.05, 4.69) is 0 Å². The van der Waals surface area contributed by atoms with Gasteiger partial charge in [-0.3, -0.25) is 9.59 Å². The van der Waals surface area contributed by atoms with Crippen molar-refractivity contribution in [2.24, 2.45) is 22.7 Å². The van der Waals surface area contributed by atoms with Crippen LogP contribution in [0.3, 0.4) is 0 Å². The van der Waals surface area contributed by atoms with Crippen LogP contribution in [-0.4, -0.2) is 11.9 Å². The molecule has 100 valence electrons. The zero-order valence-electron chi connectivity index (χ0n) is 12.4. The van der Waals surface area contributed by atoms with E-state index in [-0.39, 0.29) is 22.7 Å². The highest BCUT2D eigenvalue weighted by Gasteiger charge is 2.34. The molecule has 0 heterocycles. The molecule has 3 nitrogen and oxygen atoms in total. The van der Waals surface area contributed by atoms with Gasteiger partial charge in [-0.25, -0.2) is 0 Å². The van der Waals surface area contributed by atoms with E-state index in [1.807, 2.05) is 41.5 Å². The Morgan fingerprint density at radius 3 is 1.18 bits per heavy atom. The summed E-state index contributed by atoms with van der Waals surface area (Å²) in [5.41, 5.74) is -0.384. The van der Waals surface area contributed by atoms with Crippen molar-refractivity contribution in [3.05, 3.63) is 0 Å². The highest BCUT2D eigenvalue weighted by molar-refractivity contribution is 5.88. The maximum Gasteiger partial charge on any atom is 0.316 e. The standard InChI is InChI=1S/C14H26O3/c1-9(13(3,4)5)11(15)17-12(16)10(2)14(6,7)8/h9-10H,1-8H3. The molecule has 2 unspecified atom stereocenters. The van der Waals surface area contributed by atoms with Gasteiger partial charge in [0.15, 0.2) is 0 Å². The first-order valence-corrected chi connectivity index (χ1v) is 6.13. The Bertz CT molecular complexity index is 262. The van der Waals surface area contributed by atoms with Gasteiger partial charge in [-0.15, -0.1) is 0 Å². The van der Waals surface area contributed by atoms with Gasteiger partial charge in [-0.05, 0) is 10.8 Å². The lowest BCUT2D eigenvalue weighted by Gasteiger charge is -2.28. The fraction of sp³-hybridized carbons (Fsp3) is 0.857. The third-order valence-electron chi connectivity index (χ3n) is 3.51. The van der Waals surface area contributed by atoms with E-state index in [9.17, 15) is 9.59 Å². The van der Waals surface area contributed by atoms with Crippen molar-refractivity contribution in [3.8, 4) is 0 Å². The van der Waals surface area contributed by atoms with Crippen molar-refractivity contribution in [3.63, 3.8) is 0 Å². The Labute approximate surface area is 105 Å². The summed E-state index contributed by atoms with van der Waals surface area (Å²) >= 11 is 0. The SMILES string of the molecule is CC(C(=O)OC(=O)C(C)C(C)(C)C)C(C)(C)C. The molecule has 0 rings (SSSR count). The Morgan fingerprint density at radius 2 is 1.00 bits per heavy atom. The molecule has 0 N–H and O–H groups in total. The first-order chi connectivity index (χ1) is 7.37. The molecule has 0 saturated heterocycles. The second-order valence-corrected chi connectivity index (χ2v) is 6.92. The van der Waals surface area contributed by atoms with Crippen LogP contribution in [0.25, 0.3) is 0 Å². The van der Waals surface area contributed by atoms with Crippen molar-refractivity contribution in [2.45, 2.75) is 55.4 Å². The first kappa shape index (κ1) is 16.1.